The van der Waals surface area contributed by atoms with Crippen molar-refractivity contribution >= 4 is 41.0 Å². The van der Waals surface area contributed by atoms with Crippen molar-refractivity contribution in [1.29, 1.82) is 0 Å². The molecule has 2 heterocycles. The quantitative estimate of drug-likeness (QED) is 0.202. The van der Waals surface area contributed by atoms with Crippen LogP contribution in [0, 0.1) is 13.8 Å². The lowest BCUT2D eigenvalue weighted by molar-refractivity contribution is -0.887. The Morgan fingerprint density at radius 2 is 1.69 bits per heavy atom. The van der Waals surface area contributed by atoms with Crippen LogP contribution in [0.15, 0.2) is 48.5 Å². The molecule has 3 aromatic rings. The zero-order valence-electron chi connectivity index (χ0n) is 22.3. The molecule has 9 heteroatoms. The molecule has 1 saturated heterocycles. The first-order valence-electron chi connectivity index (χ1n) is 13.2. The van der Waals surface area contributed by atoms with Gasteiger partial charge in [-0.25, -0.2) is 14.1 Å². The average molecular weight is 570 g/mol. The molecular formula is C30H32Cl2N3O4+. The number of benzene rings is 2. The second kappa shape index (κ2) is 10.8. The highest BCUT2D eigenvalue weighted by Crippen LogP contribution is 2.46. The molecule has 1 amide bonds. The number of fused-ring (bicyclic) bond motifs is 1. The first-order valence-corrected chi connectivity index (χ1v) is 13.9. The summed E-state index contributed by atoms with van der Waals surface area (Å²) in [5.74, 6) is 0.171. The maximum atomic E-state index is 14.5. The fraction of sp³-hybridized carbons (Fsp3) is 0.367. The van der Waals surface area contributed by atoms with Crippen molar-refractivity contribution in [3.05, 3.63) is 86.7 Å². The Labute approximate surface area is 238 Å². The Kier molecular flexibility index (Phi) is 7.60. The second-order valence-electron chi connectivity index (χ2n) is 10.7. The standard InChI is InChI=1S/C30H31Cl2N3O4/c1-18-14-22(15-19(2)33-18)34-12-10-23(11-13-34)35(3,29(36)26-16-21(31)6-8-27(26)32)28-9-5-20-4-7-24(17-25(20)28)39-30(37)38/h4,6-8,14-17,23,28H,5,9-13H2,1-3H3/p+1. The van der Waals surface area contributed by atoms with Crippen molar-refractivity contribution in [3.63, 3.8) is 0 Å². The number of rotatable bonds is 5. The van der Waals surface area contributed by atoms with E-state index in [2.05, 4.69) is 22.0 Å². The maximum absolute atomic E-state index is 14.5. The summed E-state index contributed by atoms with van der Waals surface area (Å²) < 4.78 is 5.11. The molecule has 1 aliphatic heterocycles. The first kappa shape index (κ1) is 27.4. The SMILES string of the molecule is Cc1cc(N2CCC([N+](C)(C(=O)c3cc(Cl)ccc3Cl)C3CCc4ccc(OC(=O)O)cc43)CC2)cc(C)n1. The summed E-state index contributed by atoms with van der Waals surface area (Å²) in [4.78, 5) is 32.6. The van der Waals surface area contributed by atoms with E-state index in [1.165, 1.54) is 0 Å². The molecule has 0 spiro atoms. The minimum atomic E-state index is -1.36. The topological polar surface area (TPSA) is 79.7 Å². The van der Waals surface area contributed by atoms with Gasteiger partial charge in [-0.15, -0.1) is 0 Å². The third kappa shape index (κ3) is 5.36. The van der Waals surface area contributed by atoms with Gasteiger partial charge in [0.2, 0.25) is 0 Å². The lowest BCUT2D eigenvalue weighted by atomic mass is 9.93. The number of hydrogen-bond donors (Lipinski definition) is 1. The molecular weight excluding hydrogens is 537 g/mol. The molecule has 204 valence electrons. The fourth-order valence-corrected chi connectivity index (χ4v) is 6.79. The summed E-state index contributed by atoms with van der Waals surface area (Å²) in [6.45, 7) is 5.62. The molecule has 1 aromatic heterocycles. The zero-order chi connectivity index (χ0) is 27.9. The van der Waals surface area contributed by atoms with E-state index in [1.807, 2.05) is 27.0 Å². The van der Waals surface area contributed by atoms with Crippen LogP contribution in [0.3, 0.4) is 0 Å². The predicted molar refractivity (Wildman–Crippen MR) is 152 cm³/mol. The fourth-order valence-electron chi connectivity index (χ4n) is 6.42. The number of ether oxygens (including phenoxy) is 1. The Morgan fingerprint density at radius 1 is 1.00 bits per heavy atom. The molecule has 1 aliphatic carbocycles. The molecule has 2 unspecified atom stereocenters. The summed E-state index contributed by atoms with van der Waals surface area (Å²) >= 11 is 12.9. The molecule has 1 N–H and O–H groups in total. The molecule has 1 fully saturated rings. The summed E-state index contributed by atoms with van der Waals surface area (Å²) in [6, 6.07) is 14.4. The van der Waals surface area contributed by atoms with Gasteiger partial charge >= 0.3 is 12.1 Å². The summed E-state index contributed by atoms with van der Waals surface area (Å²) in [6.07, 6.45) is 1.80. The van der Waals surface area contributed by atoms with Gasteiger partial charge < -0.3 is 14.7 Å². The number of hydrogen-bond acceptors (Lipinski definition) is 5. The average Bonchev–Trinajstić information content (AvgIpc) is 3.32. The lowest BCUT2D eigenvalue weighted by Gasteiger charge is -2.47. The van der Waals surface area contributed by atoms with Gasteiger partial charge in [-0.2, -0.15) is 0 Å². The smallest absolute Gasteiger partial charge is 0.449 e. The molecule has 39 heavy (non-hydrogen) atoms. The highest BCUT2D eigenvalue weighted by atomic mass is 35.5. The third-order valence-electron chi connectivity index (χ3n) is 8.27. The number of piperidine rings is 1. The molecule has 7 nitrogen and oxygen atoms in total. The maximum Gasteiger partial charge on any atom is 0.511 e. The van der Waals surface area contributed by atoms with E-state index in [1.54, 1.807) is 30.3 Å². The van der Waals surface area contributed by atoms with Crippen LogP contribution in [0.4, 0.5) is 10.5 Å². The van der Waals surface area contributed by atoms with Crippen LogP contribution in [-0.4, -0.2) is 52.8 Å². The number of aryl methyl sites for hydroxylation is 3. The van der Waals surface area contributed by atoms with Crippen molar-refractivity contribution in [2.75, 3.05) is 25.0 Å². The Balaban J connectivity index is 1.52. The van der Waals surface area contributed by atoms with Gasteiger partial charge in [-0.1, -0.05) is 29.3 Å². The number of carboxylic acid groups (broad SMARTS) is 1. The van der Waals surface area contributed by atoms with Crippen LogP contribution in [0.25, 0.3) is 0 Å². The van der Waals surface area contributed by atoms with E-state index in [9.17, 15) is 14.7 Å². The molecule has 0 bridgehead atoms. The minimum absolute atomic E-state index is 0.0211. The van der Waals surface area contributed by atoms with Gasteiger partial charge in [0.1, 0.15) is 11.8 Å². The normalized spacial score (nSPS) is 18.9. The van der Waals surface area contributed by atoms with E-state index in [-0.39, 0.29) is 28.2 Å². The molecule has 2 aromatic carbocycles. The van der Waals surface area contributed by atoms with Gasteiger partial charge in [0.15, 0.2) is 0 Å². The second-order valence-corrected chi connectivity index (χ2v) is 11.5. The molecule has 5 rings (SSSR count). The molecule has 0 saturated carbocycles. The Morgan fingerprint density at radius 3 is 2.36 bits per heavy atom. The van der Waals surface area contributed by atoms with Crippen molar-refractivity contribution in [1.82, 2.24) is 4.98 Å². The Hall–Kier alpha value is -3.13. The van der Waals surface area contributed by atoms with E-state index < -0.39 is 6.16 Å². The molecule has 0 radical (unpaired) electrons. The number of pyridine rings is 1. The predicted octanol–water partition coefficient (Wildman–Crippen LogP) is 7.01. The van der Waals surface area contributed by atoms with Gasteiger partial charge in [0.05, 0.1) is 23.7 Å². The number of carbonyl (C=O) groups is 2. The summed E-state index contributed by atoms with van der Waals surface area (Å²) in [5, 5.41) is 10.0. The molecule has 2 atom stereocenters. The number of aromatic nitrogens is 1. The van der Waals surface area contributed by atoms with Crippen molar-refractivity contribution in [2.24, 2.45) is 0 Å². The number of carbonyl (C=O) groups excluding carboxylic acids is 1. The van der Waals surface area contributed by atoms with E-state index >= 15 is 0 Å². The number of anilines is 1. The van der Waals surface area contributed by atoms with Crippen LogP contribution in [-0.2, 0) is 6.42 Å². The number of amides is 1. The van der Waals surface area contributed by atoms with E-state index in [4.69, 9.17) is 27.9 Å². The zero-order valence-corrected chi connectivity index (χ0v) is 23.8. The van der Waals surface area contributed by atoms with Crippen molar-refractivity contribution in [3.8, 4) is 5.75 Å². The number of nitrogens with zero attached hydrogens (tertiary/aromatic N) is 3. The lowest BCUT2D eigenvalue weighted by Crippen LogP contribution is -2.60. The number of halogens is 2. The van der Waals surface area contributed by atoms with Crippen LogP contribution in [0.2, 0.25) is 10.0 Å². The summed E-state index contributed by atoms with van der Waals surface area (Å²) in [7, 11) is 2.01. The number of quaternary nitrogens is 1. The van der Waals surface area contributed by atoms with Crippen LogP contribution in [0.5, 0.6) is 5.75 Å². The van der Waals surface area contributed by atoms with Crippen molar-refractivity contribution < 1.29 is 23.9 Å². The van der Waals surface area contributed by atoms with Gasteiger partial charge in [-0.3, -0.25) is 4.98 Å². The first-order chi connectivity index (χ1) is 18.6. The van der Waals surface area contributed by atoms with E-state index in [0.29, 0.717) is 15.6 Å². The highest BCUT2D eigenvalue weighted by Gasteiger charge is 2.51. The molecule has 2 aliphatic rings. The Bertz CT molecular complexity index is 1420. The minimum Gasteiger partial charge on any atom is -0.449 e. The van der Waals surface area contributed by atoms with Crippen molar-refractivity contribution in [2.45, 2.75) is 51.6 Å². The van der Waals surface area contributed by atoms with Crippen LogP contribution in [0.1, 0.15) is 58.2 Å². The highest BCUT2D eigenvalue weighted by molar-refractivity contribution is 6.35. The van der Waals surface area contributed by atoms with Crippen LogP contribution < -0.4 is 9.64 Å². The monoisotopic (exact) mass is 568 g/mol. The third-order valence-corrected chi connectivity index (χ3v) is 8.83. The van der Waals surface area contributed by atoms with E-state index in [0.717, 1.165) is 67.0 Å². The van der Waals surface area contributed by atoms with Gasteiger partial charge in [-0.05, 0) is 68.3 Å². The largest absolute Gasteiger partial charge is 0.511 e. The van der Waals surface area contributed by atoms with Crippen LogP contribution >= 0.6 is 23.2 Å². The summed E-state index contributed by atoms with van der Waals surface area (Å²) in [5.41, 5.74) is 5.58. The van der Waals surface area contributed by atoms with Gasteiger partial charge in [0.25, 0.3) is 0 Å². The van der Waals surface area contributed by atoms with Gasteiger partial charge in [0, 0.05) is 60.0 Å².